The second-order valence-electron chi connectivity index (χ2n) is 5.67. The van der Waals surface area contributed by atoms with Gasteiger partial charge in [0.1, 0.15) is 16.2 Å². The molecule has 5 nitrogen and oxygen atoms in total. The van der Waals surface area contributed by atoms with Crippen LogP contribution in [0.1, 0.15) is 36.0 Å². The monoisotopic (exact) mass is 307 g/mol. The number of hydrogen-bond acceptors (Lipinski definition) is 5. The van der Waals surface area contributed by atoms with Gasteiger partial charge in [-0.15, -0.1) is 11.3 Å². The summed E-state index contributed by atoms with van der Waals surface area (Å²) in [5.41, 5.74) is 0.0181. The van der Waals surface area contributed by atoms with Gasteiger partial charge in [0.25, 0.3) is 5.56 Å². The van der Waals surface area contributed by atoms with Crippen molar-refractivity contribution in [1.29, 1.82) is 0 Å². The van der Waals surface area contributed by atoms with Crippen LogP contribution in [0.15, 0.2) is 23.1 Å². The summed E-state index contributed by atoms with van der Waals surface area (Å²) in [5.74, 6) is -0.439. The van der Waals surface area contributed by atoms with E-state index in [1.807, 2.05) is 0 Å². The Morgan fingerprint density at radius 2 is 2.00 bits per heavy atom. The fraction of sp³-hybridized carbons (Fsp3) is 0.333. The number of H-pyrrole nitrogens is 1. The van der Waals surface area contributed by atoms with Crippen LogP contribution in [-0.4, -0.2) is 21.7 Å². The number of ether oxygens (including phenoxy) is 1. The van der Waals surface area contributed by atoms with Gasteiger partial charge in [-0.25, -0.2) is 4.79 Å². The van der Waals surface area contributed by atoms with Crippen LogP contribution in [0.3, 0.4) is 0 Å². The van der Waals surface area contributed by atoms with Crippen molar-refractivity contribution in [2.75, 3.05) is 0 Å². The lowest BCUT2D eigenvalue weighted by Crippen LogP contribution is -2.23. The third kappa shape index (κ3) is 3.33. The van der Waals surface area contributed by atoms with Crippen molar-refractivity contribution in [1.82, 2.24) is 4.98 Å². The molecule has 0 saturated carbocycles. The molecular weight excluding hydrogens is 290 g/mol. The molecule has 0 spiro atoms. The van der Waals surface area contributed by atoms with Crippen LogP contribution in [0.2, 0.25) is 0 Å². The summed E-state index contributed by atoms with van der Waals surface area (Å²) >= 11 is 1.18. The summed E-state index contributed by atoms with van der Waals surface area (Å²) in [5, 5.41) is 9.92. The summed E-state index contributed by atoms with van der Waals surface area (Å²) in [6, 6.07) is 3.33. The van der Waals surface area contributed by atoms with Crippen LogP contribution in [0.25, 0.3) is 10.4 Å². The van der Waals surface area contributed by atoms with Crippen molar-refractivity contribution < 1.29 is 14.6 Å². The summed E-state index contributed by atoms with van der Waals surface area (Å²) in [7, 11) is 0. The molecule has 21 heavy (non-hydrogen) atoms. The first-order chi connectivity index (χ1) is 9.69. The number of rotatable bonds is 2. The molecule has 112 valence electrons. The van der Waals surface area contributed by atoms with Gasteiger partial charge in [-0.3, -0.25) is 4.79 Å². The first kappa shape index (κ1) is 15.3. The van der Waals surface area contributed by atoms with Gasteiger partial charge >= 0.3 is 5.97 Å². The SMILES string of the molecule is Cc1c(-c2ccc(C(=O)OC(C)(C)C)s2)c(O)c[nH]c1=O. The summed E-state index contributed by atoms with van der Waals surface area (Å²) < 4.78 is 5.30. The van der Waals surface area contributed by atoms with E-state index in [1.54, 1.807) is 39.8 Å². The van der Waals surface area contributed by atoms with Gasteiger partial charge < -0.3 is 14.8 Å². The fourth-order valence-corrected chi connectivity index (χ4v) is 2.84. The molecule has 0 fully saturated rings. The molecule has 0 saturated heterocycles. The number of carbonyl (C=O) groups is 1. The highest BCUT2D eigenvalue weighted by atomic mass is 32.1. The van der Waals surface area contributed by atoms with Gasteiger partial charge in [0.05, 0.1) is 0 Å². The van der Waals surface area contributed by atoms with E-state index in [-0.39, 0.29) is 11.3 Å². The van der Waals surface area contributed by atoms with E-state index in [2.05, 4.69) is 4.98 Å². The number of aromatic hydroxyl groups is 1. The number of hydrogen-bond donors (Lipinski definition) is 2. The zero-order valence-corrected chi connectivity index (χ0v) is 13.1. The third-order valence-corrected chi connectivity index (χ3v) is 3.85. The number of thiophene rings is 1. The zero-order valence-electron chi connectivity index (χ0n) is 12.3. The van der Waals surface area contributed by atoms with Crippen LogP contribution in [0.4, 0.5) is 0 Å². The van der Waals surface area contributed by atoms with Crippen molar-refractivity contribution in [3.05, 3.63) is 39.1 Å². The Morgan fingerprint density at radius 3 is 2.62 bits per heavy atom. The number of pyridine rings is 1. The Balaban J connectivity index is 2.40. The molecule has 2 N–H and O–H groups in total. The third-order valence-electron chi connectivity index (χ3n) is 2.76. The predicted molar refractivity (Wildman–Crippen MR) is 81.9 cm³/mol. The van der Waals surface area contributed by atoms with E-state index in [9.17, 15) is 14.7 Å². The van der Waals surface area contributed by atoms with E-state index in [1.165, 1.54) is 17.5 Å². The van der Waals surface area contributed by atoms with E-state index in [0.717, 1.165) is 0 Å². The molecule has 2 aromatic rings. The second-order valence-corrected chi connectivity index (χ2v) is 6.75. The summed E-state index contributed by atoms with van der Waals surface area (Å²) in [6.45, 7) is 7.02. The molecule has 2 heterocycles. The number of aromatic nitrogens is 1. The maximum absolute atomic E-state index is 12.0. The van der Waals surface area contributed by atoms with Crippen molar-refractivity contribution in [2.24, 2.45) is 0 Å². The quantitative estimate of drug-likeness (QED) is 0.836. The number of carbonyl (C=O) groups excluding carboxylic acids is 1. The van der Waals surface area contributed by atoms with Crippen molar-refractivity contribution >= 4 is 17.3 Å². The van der Waals surface area contributed by atoms with Crippen molar-refractivity contribution in [3.8, 4) is 16.2 Å². The van der Waals surface area contributed by atoms with Crippen LogP contribution in [0.5, 0.6) is 5.75 Å². The van der Waals surface area contributed by atoms with Crippen molar-refractivity contribution in [2.45, 2.75) is 33.3 Å². The molecule has 0 bridgehead atoms. The Labute approximate surface area is 126 Å². The van der Waals surface area contributed by atoms with Crippen molar-refractivity contribution in [3.63, 3.8) is 0 Å². The maximum Gasteiger partial charge on any atom is 0.348 e. The average molecular weight is 307 g/mol. The molecule has 0 aliphatic heterocycles. The molecule has 2 aromatic heterocycles. The molecule has 0 radical (unpaired) electrons. The molecule has 0 aliphatic rings. The largest absolute Gasteiger partial charge is 0.506 e. The van der Waals surface area contributed by atoms with E-state index in [0.29, 0.717) is 20.9 Å². The number of esters is 1. The van der Waals surface area contributed by atoms with Crippen LogP contribution >= 0.6 is 11.3 Å². The topological polar surface area (TPSA) is 79.4 Å². The first-order valence-corrected chi connectivity index (χ1v) is 7.25. The van der Waals surface area contributed by atoms with E-state index < -0.39 is 11.6 Å². The van der Waals surface area contributed by atoms with Crippen LogP contribution in [0, 0.1) is 6.92 Å². The minimum absolute atomic E-state index is 0.0234. The molecule has 0 amide bonds. The Bertz CT molecular complexity index is 737. The molecule has 0 atom stereocenters. The fourth-order valence-electron chi connectivity index (χ4n) is 1.84. The van der Waals surface area contributed by atoms with Gasteiger partial charge in [0.15, 0.2) is 0 Å². The molecule has 0 unspecified atom stereocenters. The first-order valence-electron chi connectivity index (χ1n) is 6.44. The molecule has 0 aliphatic carbocycles. The normalized spacial score (nSPS) is 11.4. The van der Waals surface area contributed by atoms with Gasteiger partial charge in [-0.2, -0.15) is 0 Å². The van der Waals surface area contributed by atoms with Gasteiger partial charge in [0.2, 0.25) is 0 Å². The molecular formula is C15H17NO4S. The highest BCUT2D eigenvalue weighted by molar-refractivity contribution is 7.17. The molecule has 6 heteroatoms. The van der Waals surface area contributed by atoms with Gasteiger partial charge in [0, 0.05) is 22.2 Å². The Hall–Kier alpha value is -2.08. The van der Waals surface area contributed by atoms with Gasteiger partial charge in [-0.05, 0) is 39.8 Å². The number of nitrogens with one attached hydrogen (secondary N) is 1. The Morgan fingerprint density at radius 1 is 1.33 bits per heavy atom. The lowest BCUT2D eigenvalue weighted by Gasteiger charge is -2.18. The minimum atomic E-state index is -0.566. The maximum atomic E-state index is 12.0. The van der Waals surface area contributed by atoms with Crippen LogP contribution < -0.4 is 5.56 Å². The van der Waals surface area contributed by atoms with Crippen LogP contribution in [-0.2, 0) is 4.74 Å². The number of aromatic amines is 1. The highest BCUT2D eigenvalue weighted by Gasteiger charge is 2.21. The summed E-state index contributed by atoms with van der Waals surface area (Å²) in [6.07, 6.45) is 1.25. The van der Waals surface area contributed by atoms with Gasteiger partial charge in [-0.1, -0.05) is 0 Å². The lowest BCUT2D eigenvalue weighted by atomic mass is 10.1. The standard InChI is InChI=1S/C15H17NO4S/c1-8-12(9(17)7-16-13(8)18)10-5-6-11(21-10)14(19)20-15(2,3)4/h5-7,17H,1-4H3,(H,16,18). The molecule has 2 rings (SSSR count). The second kappa shape index (κ2) is 5.37. The molecule has 0 aromatic carbocycles. The minimum Gasteiger partial charge on any atom is -0.506 e. The average Bonchev–Trinajstić information content (AvgIpc) is 2.82. The zero-order chi connectivity index (χ0) is 15.8. The highest BCUT2D eigenvalue weighted by Crippen LogP contribution is 2.35. The van der Waals surface area contributed by atoms with E-state index >= 15 is 0 Å². The predicted octanol–water partition coefficient (Wildman–Crippen LogP) is 3.07. The smallest absolute Gasteiger partial charge is 0.348 e. The van der Waals surface area contributed by atoms with E-state index in [4.69, 9.17) is 4.74 Å². The lowest BCUT2D eigenvalue weighted by molar-refractivity contribution is 0.00752. The summed E-state index contributed by atoms with van der Waals surface area (Å²) in [4.78, 5) is 27.2. The Kier molecular flexibility index (Phi) is 3.91.